The molecule has 0 saturated carbocycles. The van der Waals surface area contributed by atoms with Crippen molar-refractivity contribution in [1.29, 1.82) is 0 Å². The van der Waals surface area contributed by atoms with E-state index in [1.54, 1.807) is 0 Å². The summed E-state index contributed by atoms with van der Waals surface area (Å²) in [6.45, 7) is 2.18. The molecular formula is C23H18. The smallest absolute Gasteiger partial charge is 0.00267 e. The highest BCUT2D eigenvalue weighted by Gasteiger charge is 2.10. The molecule has 0 spiro atoms. The topological polar surface area (TPSA) is 0 Å². The fourth-order valence-electron chi connectivity index (χ4n) is 3.30. The highest BCUT2D eigenvalue weighted by molar-refractivity contribution is 6.06. The van der Waals surface area contributed by atoms with E-state index in [0.717, 1.165) is 0 Å². The third-order valence-corrected chi connectivity index (χ3v) is 4.42. The molecule has 0 aromatic heterocycles. The van der Waals surface area contributed by atoms with Gasteiger partial charge in [0.15, 0.2) is 0 Å². The number of rotatable bonds is 2. The maximum absolute atomic E-state index is 2.23. The standard InChI is InChI=1S/C23H18/c1-17-9-5-6-14-20(17)22-16-8-13-19-12-7-15-21(23(19)22)18-10-3-2-4-11-18/h2-16H,1H3. The van der Waals surface area contributed by atoms with Crippen molar-refractivity contribution in [3.63, 3.8) is 0 Å². The Morgan fingerprint density at radius 1 is 0.478 bits per heavy atom. The fourth-order valence-corrected chi connectivity index (χ4v) is 3.30. The van der Waals surface area contributed by atoms with Crippen molar-refractivity contribution in [3.05, 3.63) is 96.6 Å². The lowest BCUT2D eigenvalue weighted by Crippen LogP contribution is -1.88. The van der Waals surface area contributed by atoms with Crippen molar-refractivity contribution < 1.29 is 0 Å². The molecule has 0 aliphatic heterocycles. The van der Waals surface area contributed by atoms with Crippen LogP contribution >= 0.6 is 0 Å². The molecule has 0 unspecified atom stereocenters. The van der Waals surface area contributed by atoms with Gasteiger partial charge in [0, 0.05) is 0 Å². The average molecular weight is 294 g/mol. The Morgan fingerprint density at radius 3 is 1.83 bits per heavy atom. The lowest BCUT2D eigenvalue weighted by Gasteiger charge is -2.14. The third-order valence-electron chi connectivity index (χ3n) is 4.42. The monoisotopic (exact) mass is 294 g/mol. The van der Waals surface area contributed by atoms with E-state index in [-0.39, 0.29) is 0 Å². The summed E-state index contributed by atoms with van der Waals surface area (Å²) in [6, 6.07) is 32.4. The first kappa shape index (κ1) is 13.8. The number of fused-ring (bicyclic) bond motifs is 1. The van der Waals surface area contributed by atoms with Crippen molar-refractivity contribution >= 4 is 10.8 Å². The first-order valence-electron chi connectivity index (χ1n) is 7.98. The molecule has 0 heteroatoms. The molecule has 0 amide bonds. The Hall–Kier alpha value is -2.86. The molecule has 0 atom stereocenters. The van der Waals surface area contributed by atoms with Crippen LogP contribution in [-0.2, 0) is 0 Å². The summed E-state index contributed by atoms with van der Waals surface area (Å²) in [7, 11) is 0. The summed E-state index contributed by atoms with van der Waals surface area (Å²) < 4.78 is 0. The van der Waals surface area contributed by atoms with E-state index in [0.29, 0.717) is 0 Å². The molecule has 0 fully saturated rings. The van der Waals surface area contributed by atoms with Gasteiger partial charge in [-0.15, -0.1) is 0 Å². The summed E-state index contributed by atoms with van der Waals surface area (Å²) in [5.74, 6) is 0. The Morgan fingerprint density at radius 2 is 1.09 bits per heavy atom. The van der Waals surface area contributed by atoms with Crippen LogP contribution in [-0.4, -0.2) is 0 Å². The van der Waals surface area contributed by atoms with Crippen LogP contribution in [0.4, 0.5) is 0 Å². The van der Waals surface area contributed by atoms with Crippen molar-refractivity contribution in [1.82, 2.24) is 0 Å². The van der Waals surface area contributed by atoms with Crippen LogP contribution in [0.25, 0.3) is 33.0 Å². The molecule has 0 bridgehead atoms. The van der Waals surface area contributed by atoms with Gasteiger partial charge in [0.2, 0.25) is 0 Å². The van der Waals surface area contributed by atoms with Gasteiger partial charge < -0.3 is 0 Å². The van der Waals surface area contributed by atoms with Gasteiger partial charge in [-0.05, 0) is 45.5 Å². The first-order valence-corrected chi connectivity index (χ1v) is 7.98. The molecule has 110 valence electrons. The van der Waals surface area contributed by atoms with Crippen molar-refractivity contribution in [2.45, 2.75) is 6.92 Å². The summed E-state index contributed by atoms with van der Waals surface area (Å²) in [5.41, 5.74) is 6.48. The van der Waals surface area contributed by atoms with E-state index in [2.05, 4.69) is 97.9 Å². The van der Waals surface area contributed by atoms with Gasteiger partial charge >= 0.3 is 0 Å². The Labute approximate surface area is 137 Å². The predicted molar refractivity (Wildman–Crippen MR) is 99.6 cm³/mol. The van der Waals surface area contributed by atoms with Crippen molar-refractivity contribution in [2.24, 2.45) is 0 Å². The van der Waals surface area contributed by atoms with Gasteiger partial charge in [0.25, 0.3) is 0 Å². The molecule has 23 heavy (non-hydrogen) atoms. The second-order valence-corrected chi connectivity index (χ2v) is 5.89. The molecule has 4 rings (SSSR count). The molecule has 0 heterocycles. The van der Waals surface area contributed by atoms with Gasteiger partial charge in [0.05, 0.1) is 0 Å². The van der Waals surface area contributed by atoms with E-state index in [9.17, 15) is 0 Å². The maximum Gasteiger partial charge on any atom is -0.00267 e. The SMILES string of the molecule is Cc1ccccc1-c1cccc2cccc(-c3ccccc3)c12. The molecule has 4 aromatic rings. The van der Waals surface area contributed by atoms with Crippen LogP contribution in [0.2, 0.25) is 0 Å². The van der Waals surface area contributed by atoms with Crippen LogP contribution in [0.1, 0.15) is 5.56 Å². The molecular weight excluding hydrogens is 276 g/mol. The van der Waals surface area contributed by atoms with Crippen LogP contribution in [0.5, 0.6) is 0 Å². The van der Waals surface area contributed by atoms with Gasteiger partial charge in [-0.1, -0.05) is 91.0 Å². The highest BCUT2D eigenvalue weighted by Crippen LogP contribution is 2.37. The number of hydrogen-bond acceptors (Lipinski definition) is 0. The largest absolute Gasteiger partial charge is 0.0622 e. The molecule has 0 nitrogen and oxygen atoms in total. The Balaban J connectivity index is 2.09. The van der Waals surface area contributed by atoms with E-state index in [4.69, 9.17) is 0 Å². The summed E-state index contributed by atoms with van der Waals surface area (Å²) in [6.07, 6.45) is 0. The minimum absolute atomic E-state index is 1.26. The van der Waals surface area contributed by atoms with E-state index >= 15 is 0 Å². The summed E-state index contributed by atoms with van der Waals surface area (Å²) in [5, 5.41) is 2.61. The van der Waals surface area contributed by atoms with Crippen LogP contribution in [0, 0.1) is 6.92 Å². The zero-order valence-corrected chi connectivity index (χ0v) is 13.2. The lowest BCUT2D eigenvalue weighted by molar-refractivity contribution is 1.47. The van der Waals surface area contributed by atoms with Crippen LogP contribution in [0.15, 0.2) is 91.0 Å². The van der Waals surface area contributed by atoms with Crippen molar-refractivity contribution in [3.8, 4) is 22.3 Å². The Bertz CT molecular complexity index is 960. The molecule has 0 saturated heterocycles. The minimum Gasteiger partial charge on any atom is -0.0622 e. The van der Waals surface area contributed by atoms with E-state index in [1.807, 2.05) is 0 Å². The normalized spacial score (nSPS) is 10.8. The fraction of sp³-hybridized carbons (Fsp3) is 0.0435. The molecule has 0 N–H and O–H groups in total. The molecule has 0 radical (unpaired) electrons. The second-order valence-electron chi connectivity index (χ2n) is 5.89. The molecule has 0 aliphatic rings. The zero-order chi connectivity index (χ0) is 15.6. The van der Waals surface area contributed by atoms with Gasteiger partial charge in [-0.25, -0.2) is 0 Å². The molecule has 4 aromatic carbocycles. The number of aryl methyl sites for hydroxylation is 1. The van der Waals surface area contributed by atoms with E-state index < -0.39 is 0 Å². The number of hydrogen-bond donors (Lipinski definition) is 0. The number of benzene rings is 4. The van der Waals surface area contributed by atoms with Crippen LogP contribution < -0.4 is 0 Å². The van der Waals surface area contributed by atoms with Crippen LogP contribution in [0.3, 0.4) is 0 Å². The van der Waals surface area contributed by atoms with Gasteiger partial charge in [-0.3, -0.25) is 0 Å². The lowest BCUT2D eigenvalue weighted by atomic mass is 9.90. The second kappa shape index (κ2) is 5.73. The summed E-state index contributed by atoms with van der Waals surface area (Å²) in [4.78, 5) is 0. The third kappa shape index (κ3) is 2.43. The highest BCUT2D eigenvalue weighted by atomic mass is 14.1. The minimum atomic E-state index is 1.26. The van der Waals surface area contributed by atoms with Crippen molar-refractivity contribution in [2.75, 3.05) is 0 Å². The average Bonchev–Trinajstić information content (AvgIpc) is 2.62. The molecule has 0 aliphatic carbocycles. The predicted octanol–water partition coefficient (Wildman–Crippen LogP) is 6.48. The Kier molecular flexibility index (Phi) is 3.44. The maximum atomic E-state index is 2.23. The van der Waals surface area contributed by atoms with Gasteiger partial charge in [-0.2, -0.15) is 0 Å². The summed E-state index contributed by atoms with van der Waals surface area (Å²) >= 11 is 0. The zero-order valence-electron chi connectivity index (χ0n) is 13.2. The van der Waals surface area contributed by atoms with E-state index in [1.165, 1.54) is 38.6 Å². The first-order chi connectivity index (χ1) is 11.3. The van der Waals surface area contributed by atoms with Gasteiger partial charge in [0.1, 0.15) is 0 Å². The quantitative estimate of drug-likeness (QED) is 0.397.